The predicted octanol–water partition coefficient (Wildman–Crippen LogP) is 0.987. The van der Waals surface area contributed by atoms with E-state index in [2.05, 4.69) is 10.2 Å². The van der Waals surface area contributed by atoms with Crippen molar-refractivity contribution in [3.63, 3.8) is 0 Å². The molecule has 1 aromatic rings. The van der Waals surface area contributed by atoms with Gasteiger partial charge in [-0.2, -0.15) is 8.42 Å². The van der Waals surface area contributed by atoms with Crippen LogP contribution >= 0.6 is 0 Å². The summed E-state index contributed by atoms with van der Waals surface area (Å²) in [6, 6.07) is 0. The minimum Gasteiger partial charge on any atom is -0.303 e. The van der Waals surface area contributed by atoms with E-state index < -0.39 is 15.4 Å². The minimum absolute atomic E-state index is 0.137. The predicted molar refractivity (Wildman–Crippen MR) is 50.4 cm³/mol. The van der Waals surface area contributed by atoms with Gasteiger partial charge in [0.15, 0.2) is 0 Å². The molecule has 0 aromatic carbocycles. The summed E-state index contributed by atoms with van der Waals surface area (Å²) in [6.07, 6.45) is 2.23. The van der Waals surface area contributed by atoms with Gasteiger partial charge in [0.1, 0.15) is 5.82 Å². The molecule has 2 rings (SSSR count). The highest BCUT2D eigenvalue weighted by atomic mass is 32.3. The second kappa shape index (κ2) is 3.26. The third kappa shape index (κ3) is 1.88. The molecule has 84 valence electrons. The third-order valence-electron chi connectivity index (χ3n) is 2.82. The van der Waals surface area contributed by atoms with E-state index in [9.17, 15) is 12.3 Å². The monoisotopic (exact) mass is 233 g/mol. The molecule has 1 fully saturated rings. The fourth-order valence-corrected chi connectivity index (χ4v) is 2.30. The van der Waals surface area contributed by atoms with Crippen LogP contribution in [0, 0.1) is 5.92 Å². The Hall–Kier alpha value is -0.980. The van der Waals surface area contributed by atoms with Crippen LogP contribution in [-0.2, 0) is 17.3 Å². The topological polar surface area (TPSA) is 64.8 Å². The average molecular weight is 233 g/mol. The maximum atomic E-state index is 12.7. The highest BCUT2D eigenvalue weighted by molar-refractivity contribution is 7.86. The smallest absolute Gasteiger partial charge is 0.303 e. The largest absolute Gasteiger partial charge is 0.368 e. The van der Waals surface area contributed by atoms with Crippen LogP contribution in [0.15, 0.2) is 5.16 Å². The molecule has 0 N–H and O–H groups in total. The van der Waals surface area contributed by atoms with Gasteiger partial charge in [-0.1, -0.05) is 10.8 Å². The Morgan fingerprint density at radius 2 is 2.07 bits per heavy atom. The van der Waals surface area contributed by atoms with Crippen LogP contribution < -0.4 is 0 Å². The van der Waals surface area contributed by atoms with Gasteiger partial charge in [-0.3, -0.25) is 0 Å². The van der Waals surface area contributed by atoms with Crippen LogP contribution in [0.25, 0.3) is 0 Å². The third-order valence-corrected chi connectivity index (χ3v) is 3.61. The van der Waals surface area contributed by atoms with E-state index in [1.165, 1.54) is 11.6 Å². The molecular weight excluding hydrogens is 221 g/mol. The van der Waals surface area contributed by atoms with E-state index in [-0.39, 0.29) is 5.92 Å². The Kier molecular flexibility index (Phi) is 2.29. The van der Waals surface area contributed by atoms with Gasteiger partial charge < -0.3 is 4.57 Å². The first-order chi connectivity index (χ1) is 6.91. The molecule has 15 heavy (non-hydrogen) atoms. The highest BCUT2D eigenvalue weighted by Gasteiger charge is 2.33. The molecule has 1 saturated carbocycles. The molecule has 0 bridgehead atoms. The molecule has 0 amide bonds. The van der Waals surface area contributed by atoms with Crippen molar-refractivity contribution in [1.82, 2.24) is 14.8 Å². The number of hydrogen-bond acceptors (Lipinski definition) is 4. The number of nitrogens with zero attached hydrogens (tertiary/aromatic N) is 3. The number of rotatable bonds is 3. The molecule has 7 heteroatoms. The zero-order valence-corrected chi connectivity index (χ0v) is 9.33. The lowest BCUT2D eigenvalue weighted by Crippen LogP contribution is -2.08. The quantitative estimate of drug-likeness (QED) is 0.730. The van der Waals surface area contributed by atoms with E-state index in [0.717, 1.165) is 12.8 Å². The second-order valence-corrected chi connectivity index (χ2v) is 5.20. The molecule has 1 unspecified atom stereocenters. The van der Waals surface area contributed by atoms with Gasteiger partial charge in [-0.15, -0.1) is 10.2 Å². The maximum Gasteiger partial charge on any atom is 0.368 e. The molecule has 0 radical (unpaired) electrons. The van der Waals surface area contributed by atoms with E-state index in [1.807, 2.05) is 6.92 Å². The molecule has 1 aromatic heterocycles. The molecule has 1 aliphatic carbocycles. The Bertz CT molecular complexity index is 478. The first kappa shape index (κ1) is 10.5. The second-order valence-electron chi connectivity index (χ2n) is 3.96. The normalized spacial score (nSPS) is 19.1. The van der Waals surface area contributed by atoms with Crippen molar-refractivity contribution in [2.45, 2.75) is 30.8 Å². The van der Waals surface area contributed by atoms with Gasteiger partial charge in [0.2, 0.25) is 0 Å². The van der Waals surface area contributed by atoms with Crippen LogP contribution in [-0.4, -0.2) is 23.2 Å². The van der Waals surface area contributed by atoms with E-state index in [4.69, 9.17) is 0 Å². The lowest BCUT2D eigenvalue weighted by molar-refractivity contribution is 0.526. The van der Waals surface area contributed by atoms with Crippen molar-refractivity contribution < 1.29 is 12.3 Å². The van der Waals surface area contributed by atoms with Crippen molar-refractivity contribution in [2.24, 2.45) is 13.0 Å². The summed E-state index contributed by atoms with van der Waals surface area (Å²) in [4.78, 5) is 0. The van der Waals surface area contributed by atoms with Crippen LogP contribution in [0.3, 0.4) is 0 Å². The van der Waals surface area contributed by atoms with Gasteiger partial charge in [-0.25, -0.2) is 0 Å². The van der Waals surface area contributed by atoms with Gasteiger partial charge in [0.05, 0.1) is 0 Å². The van der Waals surface area contributed by atoms with Crippen LogP contribution in [0.2, 0.25) is 0 Å². The summed E-state index contributed by atoms with van der Waals surface area (Å²) in [7, 11) is -3.29. The van der Waals surface area contributed by atoms with E-state index in [0.29, 0.717) is 11.7 Å². The molecule has 0 aliphatic heterocycles. The summed E-state index contributed by atoms with van der Waals surface area (Å²) in [5, 5.41) is 6.50. The van der Waals surface area contributed by atoms with Gasteiger partial charge >= 0.3 is 10.2 Å². The Balaban J connectivity index is 2.39. The highest BCUT2D eigenvalue weighted by Crippen LogP contribution is 2.41. The summed E-state index contributed by atoms with van der Waals surface area (Å²) >= 11 is 0. The lowest BCUT2D eigenvalue weighted by atomic mass is 10.1. The minimum atomic E-state index is -4.76. The molecule has 0 spiro atoms. The fourth-order valence-electron chi connectivity index (χ4n) is 1.74. The fraction of sp³-hybridized carbons (Fsp3) is 0.750. The SMILES string of the molecule is CC(c1nnc(S(=O)(=O)F)n1C)C1CC1. The van der Waals surface area contributed by atoms with Crippen molar-refractivity contribution >= 4 is 10.2 Å². The maximum absolute atomic E-state index is 12.7. The molecular formula is C8H12FN3O2S. The van der Waals surface area contributed by atoms with Crippen LogP contribution in [0.5, 0.6) is 0 Å². The van der Waals surface area contributed by atoms with E-state index in [1.54, 1.807) is 0 Å². The molecule has 0 saturated heterocycles. The number of halogens is 1. The Morgan fingerprint density at radius 1 is 1.47 bits per heavy atom. The molecule has 1 aliphatic rings. The first-order valence-electron chi connectivity index (χ1n) is 4.75. The summed E-state index contributed by atoms with van der Waals surface area (Å²) < 4.78 is 35.3. The summed E-state index contributed by atoms with van der Waals surface area (Å²) in [6.45, 7) is 1.95. The molecule has 1 atom stereocenters. The van der Waals surface area contributed by atoms with Crippen molar-refractivity contribution in [1.29, 1.82) is 0 Å². The molecule has 5 nitrogen and oxygen atoms in total. The first-order valence-corrected chi connectivity index (χ1v) is 6.13. The van der Waals surface area contributed by atoms with Gasteiger partial charge in [-0.05, 0) is 18.8 Å². The zero-order chi connectivity index (χ0) is 11.2. The standard InChI is InChI=1S/C8H12FN3O2S/c1-5(6-3-4-6)7-10-11-8(12(7)2)15(9,13)14/h5-6H,3-4H2,1-2H3. The Labute approximate surface area is 87.5 Å². The number of hydrogen-bond donors (Lipinski definition) is 0. The molecule has 1 heterocycles. The summed E-state index contributed by atoms with van der Waals surface area (Å²) in [5.41, 5.74) is 0. The summed E-state index contributed by atoms with van der Waals surface area (Å²) in [5.74, 6) is 1.20. The lowest BCUT2D eigenvalue weighted by Gasteiger charge is -2.08. The van der Waals surface area contributed by atoms with Crippen molar-refractivity contribution in [3.8, 4) is 0 Å². The van der Waals surface area contributed by atoms with Gasteiger partial charge in [0.25, 0.3) is 5.16 Å². The number of aromatic nitrogens is 3. The van der Waals surface area contributed by atoms with Crippen LogP contribution in [0.1, 0.15) is 31.5 Å². The average Bonchev–Trinajstić information content (AvgIpc) is 2.87. The van der Waals surface area contributed by atoms with Gasteiger partial charge in [0, 0.05) is 13.0 Å². The van der Waals surface area contributed by atoms with Crippen LogP contribution in [0.4, 0.5) is 3.89 Å². The van der Waals surface area contributed by atoms with Crippen molar-refractivity contribution in [2.75, 3.05) is 0 Å². The Morgan fingerprint density at radius 3 is 2.47 bits per heavy atom. The van der Waals surface area contributed by atoms with Crippen molar-refractivity contribution in [3.05, 3.63) is 5.82 Å². The zero-order valence-electron chi connectivity index (χ0n) is 8.51. The van der Waals surface area contributed by atoms with E-state index >= 15 is 0 Å².